The van der Waals surface area contributed by atoms with Crippen molar-refractivity contribution in [3.8, 4) is 11.5 Å². The van der Waals surface area contributed by atoms with Crippen molar-refractivity contribution in [2.45, 2.75) is 0 Å². The molecule has 1 aromatic heterocycles. The van der Waals surface area contributed by atoms with Gasteiger partial charge in [0.2, 0.25) is 0 Å². The van der Waals surface area contributed by atoms with Crippen LogP contribution in [-0.4, -0.2) is 17.0 Å². The summed E-state index contributed by atoms with van der Waals surface area (Å²) in [5, 5.41) is 15.3. The molecular formula is C22H15N3O5. The first-order valence-corrected chi connectivity index (χ1v) is 8.93. The number of hydrazone groups is 1. The van der Waals surface area contributed by atoms with Crippen LogP contribution in [0.4, 0.5) is 5.69 Å². The molecule has 0 radical (unpaired) electrons. The zero-order chi connectivity index (χ0) is 20.9. The summed E-state index contributed by atoms with van der Waals surface area (Å²) in [6, 6.07) is 22.1. The van der Waals surface area contributed by atoms with E-state index in [1.807, 2.05) is 48.5 Å². The lowest BCUT2D eigenvalue weighted by Gasteiger charge is -2.05. The number of fused-ring (bicyclic) bond motifs is 1. The molecular weight excluding hydrogens is 386 g/mol. The van der Waals surface area contributed by atoms with Gasteiger partial charge in [-0.2, -0.15) is 5.10 Å². The molecule has 0 bridgehead atoms. The van der Waals surface area contributed by atoms with E-state index in [2.05, 4.69) is 10.5 Å². The number of rotatable bonds is 6. The molecule has 148 valence electrons. The van der Waals surface area contributed by atoms with Crippen molar-refractivity contribution in [1.82, 2.24) is 5.43 Å². The van der Waals surface area contributed by atoms with Crippen molar-refractivity contribution >= 4 is 28.8 Å². The van der Waals surface area contributed by atoms with E-state index in [-0.39, 0.29) is 11.4 Å². The van der Waals surface area contributed by atoms with Gasteiger partial charge in [-0.3, -0.25) is 14.9 Å². The Kier molecular flexibility index (Phi) is 5.21. The SMILES string of the molecule is O=C(N/N=C/c1cccc(Oc2ccccc2)c1)c1cc2cc([N+](=O)[O-])ccc2o1. The van der Waals surface area contributed by atoms with Gasteiger partial charge in [0.15, 0.2) is 5.76 Å². The van der Waals surface area contributed by atoms with Crippen LogP contribution in [0.25, 0.3) is 11.0 Å². The molecule has 3 aromatic carbocycles. The maximum atomic E-state index is 12.3. The summed E-state index contributed by atoms with van der Waals surface area (Å²) in [5.41, 5.74) is 3.40. The van der Waals surface area contributed by atoms with Crippen LogP contribution in [0.1, 0.15) is 16.1 Å². The molecule has 0 aliphatic carbocycles. The molecule has 30 heavy (non-hydrogen) atoms. The van der Waals surface area contributed by atoms with E-state index in [0.717, 1.165) is 5.56 Å². The Hall–Kier alpha value is -4.46. The predicted octanol–water partition coefficient (Wildman–Crippen LogP) is 4.90. The van der Waals surface area contributed by atoms with Gasteiger partial charge in [0.05, 0.1) is 11.1 Å². The second kappa shape index (κ2) is 8.27. The number of carbonyl (C=O) groups is 1. The van der Waals surface area contributed by atoms with Gasteiger partial charge in [0.25, 0.3) is 5.69 Å². The van der Waals surface area contributed by atoms with Crippen molar-refractivity contribution in [1.29, 1.82) is 0 Å². The van der Waals surface area contributed by atoms with E-state index in [1.54, 1.807) is 6.07 Å². The first-order valence-electron chi connectivity index (χ1n) is 8.93. The maximum Gasteiger partial charge on any atom is 0.307 e. The smallest absolute Gasteiger partial charge is 0.307 e. The molecule has 0 unspecified atom stereocenters. The lowest BCUT2D eigenvalue weighted by Crippen LogP contribution is -2.16. The molecule has 8 heteroatoms. The van der Waals surface area contributed by atoms with E-state index in [1.165, 1.54) is 30.5 Å². The number of nitro groups is 1. The van der Waals surface area contributed by atoms with E-state index in [0.29, 0.717) is 22.5 Å². The summed E-state index contributed by atoms with van der Waals surface area (Å²) in [5.74, 6) is 0.783. The largest absolute Gasteiger partial charge is 0.457 e. The van der Waals surface area contributed by atoms with E-state index in [9.17, 15) is 14.9 Å². The van der Waals surface area contributed by atoms with Gasteiger partial charge in [-0.25, -0.2) is 5.43 Å². The highest BCUT2D eigenvalue weighted by molar-refractivity contribution is 5.97. The number of benzene rings is 3. The minimum absolute atomic E-state index is 0.00353. The predicted molar refractivity (Wildman–Crippen MR) is 111 cm³/mol. The van der Waals surface area contributed by atoms with Crippen LogP contribution in [0.2, 0.25) is 0 Å². The lowest BCUT2D eigenvalue weighted by atomic mass is 10.2. The molecule has 1 N–H and O–H groups in total. The number of carbonyl (C=O) groups excluding carboxylic acids is 1. The topological polar surface area (TPSA) is 107 Å². The summed E-state index contributed by atoms with van der Waals surface area (Å²) in [4.78, 5) is 22.6. The van der Waals surface area contributed by atoms with Gasteiger partial charge in [0.1, 0.15) is 17.1 Å². The highest BCUT2D eigenvalue weighted by atomic mass is 16.6. The van der Waals surface area contributed by atoms with Crippen LogP contribution < -0.4 is 10.2 Å². The zero-order valence-corrected chi connectivity index (χ0v) is 15.5. The Bertz CT molecular complexity index is 1250. The molecule has 1 amide bonds. The van der Waals surface area contributed by atoms with Crippen molar-refractivity contribution in [3.05, 3.63) is 100 Å². The summed E-state index contributed by atoms with van der Waals surface area (Å²) in [6.07, 6.45) is 1.48. The number of hydrogen-bond donors (Lipinski definition) is 1. The quantitative estimate of drug-likeness (QED) is 0.281. The Morgan fingerprint density at radius 3 is 2.60 bits per heavy atom. The van der Waals surface area contributed by atoms with Crippen LogP contribution in [0.5, 0.6) is 11.5 Å². The molecule has 1 heterocycles. The second-order valence-electron chi connectivity index (χ2n) is 6.28. The van der Waals surface area contributed by atoms with Gasteiger partial charge in [-0.05, 0) is 42.0 Å². The first-order chi connectivity index (χ1) is 14.6. The number of amides is 1. The van der Waals surface area contributed by atoms with E-state index in [4.69, 9.17) is 9.15 Å². The monoisotopic (exact) mass is 401 g/mol. The molecule has 4 aromatic rings. The van der Waals surface area contributed by atoms with Gasteiger partial charge >= 0.3 is 5.91 Å². The number of para-hydroxylation sites is 1. The fourth-order valence-corrected chi connectivity index (χ4v) is 2.76. The Morgan fingerprint density at radius 2 is 1.80 bits per heavy atom. The maximum absolute atomic E-state index is 12.3. The minimum atomic E-state index is -0.568. The van der Waals surface area contributed by atoms with Gasteiger partial charge in [-0.15, -0.1) is 0 Å². The number of nitrogens with zero attached hydrogens (tertiary/aromatic N) is 2. The molecule has 0 aliphatic rings. The van der Waals surface area contributed by atoms with Crippen molar-refractivity contribution in [3.63, 3.8) is 0 Å². The van der Waals surface area contributed by atoms with Crippen molar-refractivity contribution < 1.29 is 18.9 Å². The third-order valence-electron chi connectivity index (χ3n) is 4.15. The second-order valence-corrected chi connectivity index (χ2v) is 6.28. The van der Waals surface area contributed by atoms with E-state index < -0.39 is 10.8 Å². The van der Waals surface area contributed by atoms with Crippen molar-refractivity contribution in [2.75, 3.05) is 0 Å². The summed E-state index contributed by atoms with van der Waals surface area (Å²) >= 11 is 0. The number of non-ortho nitro benzene ring substituents is 1. The fourth-order valence-electron chi connectivity index (χ4n) is 2.76. The number of nitro benzene ring substituents is 1. The Labute approximate surface area is 170 Å². The highest BCUT2D eigenvalue weighted by Gasteiger charge is 2.14. The third-order valence-corrected chi connectivity index (χ3v) is 4.15. The molecule has 4 rings (SSSR count). The third kappa shape index (κ3) is 4.33. The van der Waals surface area contributed by atoms with Crippen LogP contribution in [0, 0.1) is 10.1 Å². The standard InChI is InChI=1S/C22H15N3O5/c26-22(21-13-16-12-17(25(27)28)9-10-20(16)30-21)24-23-14-15-5-4-8-19(11-15)29-18-6-2-1-3-7-18/h1-14H,(H,24,26)/b23-14+. The Morgan fingerprint density at radius 1 is 1.00 bits per heavy atom. The fraction of sp³-hybridized carbons (Fsp3) is 0. The van der Waals surface area contributed by atoms with Crippen LogP contribution in [-0.2, 0) is 0 Å². The number of furan rings is 1. The molecule has 8 nitrogen and oxygen atoms in total. The normalized spacial score (nSPS) is 10.9. The molecule has 0 saturated carbocycles. The van der Waals surface area contributed by atoms with Crippen LogP contribution in [0.15, 0.2) is 88.4 Å². The molecule has 0 spiro atoms. The summed E-state index contributed by atoms with van der Waals surface area (Å²) in [6.45, 7) is 0. The number of nitrogens with one attached hydrogen (secondary N) is 1. The zero-order valence-electron chi connectivity index (χ0n) is 15.5. The minimum Gasteiger partial charge on any atom is -0.457 e. The summed E-state index contributed by atoms with van der Waals surface area (Å²) in [7, 11) is 0. The summed E-state index contributed by atoms with van der Waals surface area (Å²) < 4.78 is 11.2. The van der Waals surface area contributed by atoms with Gasteiger partial charge in [-0.1, -0.05) is 30.3 Å². The molecule has 0 atom stereocenters. The van der Waals surface area contributed by atoms with Gasteiger partial charge < -0.3 is 9.15 Å². The number of hydrogen-bond acceptors (Lipinski definition) is 6. The molecule has 0 fully saturated rings. The van der Waals surface area contributed by atoms with Gasteiger partial charge in [0, 0.05) is 17.5 Å². The Balaban J connectivity index is 1.43. The van der Waals surface area contributed by atoms with Crippen LogP contribution >= 0.6 is 0 Å². The molecule has 0 aliphatic heterocycles. The first kappa shape index (κ1) is 18.9. The number of ether oxygens (including phenoxy) is 1. The average Bonchev–Trinajstić information content (AvgIpc) is 3.18. The van der Waals surface area contributed by atoms with Crippen molar-refractivity contribution in [2.24, 2.45) is 5.10 Å². The lowest BCUT2D eigenvalue weighted by molar-refractivity contribution is -0.384. The van der Waals surface area contributed by atoms with E-state index >= 15 is 0 Å². The van der Waals surface area contributed by atoms with Crippen LogP contribution in [0.3, 0.4) is 0 Å². The highest BCUT2D eigenvalue weighted by Crippen LogP contribution is 2.24. The average molecular weight is 401 g/mol. The molecule has 0 saturated heterocycles.